The van der Waals surface area contributed by atoms with Crippen LogP contribution in [0.15, 0.2) is 34.7 Å². The zero-order valence-electron chi connectivity index (χ0n) is 9.82. The Labute approximate surface area is 110 Å². The molecule has 0 saturated carbocycles. The predicted molar refractivity (Wildman–Crippen MR) is 73.1 cm³/mol. The van der Waals surface area contributed by atoms with Crippen molar-refractivity contribution in [1.82, 2.24) is 16.2 Å². The fourth-order valence-electron chi connectivity index (χ4n) is 1.47. The largest absolute Gasteiger partial charge is 0.451 e. The highest BCUT2D eigenvalue weighted by atomic mass is 32.1. The number of amides is 1. The molecule has 18 heavy (non-hydrogen) atoms. The number of carbonyl (C=O) groups is 1. The number of rotatable bonds is 2. The highest BCUT2D eigenvalue weighted by molar-refractivity contribution is 7.80. The minimum Gasteiger partial charge on any atom is -0.451 e. The Morgan fingerprint density at radius 2 is 2.11 bits per heavy atom. The van der Waals surface area contributed by atoms with Crippen LogP contribution in [0.3, 0.4) is 0 Å². The third-order valence-corrected chi connectivity index (χ3v) is 2.52. The van der Waals surface area contributed by atoms with Gasteiger partial charge in [-0.2, -0.15) is 0 Å². The van der Waals surface area contributed by atoms with Gasteiger partial charge in [-0.05, 0) is 31.3 Å². The fraction of sp³-hybridized carbons (Fsp3) is 0.167. The van der Waals surface area contributed by atoms with Crippen molar-refractivity contribution in [2.45, 2.75) is 6.92 Å². The van der Waals surface area contributed by atoms with Crippen LogP contribution in [0.1, 0.15) is 17.5 Å². The van der Waals surface area contributed by atoms with Gasteiger partial charge in [-0.15, -0.1) is 0 Å². The fourth-order valence-corrected chi connectivity index (χ4v) is 1.67. The van der Waals surface area contributed by atoms with Gasteiger partial charge in [0.1, 0.15) is 5.58 Å². The molecular weight excluding hydrogens is 250 g/mol. The standard InChI is InChI=1S/C12H13N3O2S/c1-2-13-12(18)15-14-11(16)10-7-8-5-3-4-6-9(8)17-10/h3-7H,2H2,1H3,(H,14,16)(H2,13,15,18). The average molecular weight is 263 g/mol. The van der Waals surface area contributed by atoms with Crippen LogP contribution in [0.2, 0.25) is 0 Å². The predicted octanol–water partition coefficient (Wildman–Crippen LogP) is 1.56. The molecule has 0 aliphatic rings. The molecule has 1 aromatic heterocycles. The lowest BCUT2D eigenvalue weighted by Gasteiger charge is -2.08. The Morgan fingerprint density at radius 1 is 1.33 bits per heavy atom. The number of nitrogens with one attached hydrogen (secondary N) is 3. The number of thiocarbonyl (C=S) groups is 1. The van der Waals surface area contributed by atoms with Gasteiger partial charge in [-0.3, -0.25) is 15.6 Å². The van der Waals surface area contributed by atoms with E-state index in [0.717, 1.165) is 5.39 Å². The molecule has 1 heterocycles. The highest BCUT2D eigenvalue weighted by Gasteiger charge is 2.11. The van der Waals surface area contributed by atoms with E-state index < -0.39 is 0 Å². The summed E-state index contributed by atoms with van der Waals surface area (Å²) in [5, 5.41) is 4.10. The molecular formula is C12H13N3O2S. The minimum atomic E-state index is -0.369. The maximum absolute atomic E-state index is 11.8. The first-order valence-corrected chi connectivity index (χ1v) is 5.94. The molecule has 5 nitrogen and oxygen atoms in total. The molecule has 1 amide bonds. The van der Waals surface area contributed by atoms with Crippen molar-refractivity contribution in [1.29, 1.82) is 0 Å². The van der Waals surface area contributed by atoms with Gasteiger partial charge in [0.2, 0.25) is 0 Å². The Bertz CT molecular complexity index is 546. The normalized spacial score (nSPS) is 10.1. The van der Waals surface area contributed by atoms with Crippen molar-refractivity contribution in [2.75, 3.05) is 6.54 Å². The monoisotopic (exact) mass is 263 g/mol. The number of fused-ring (bicyclic) bond motifs is 1. The lowest BCUT2D eigenvalue weighted by molar-refractivity contribution is 0.0918. The van der Waals surface area contributed by atoms with Crippen LogP contribution in [0.4, 0.5) is 0 Å². The molecule has 6 heteroatoms. The summed E-state index contributed by atoms with van der Waals surface area (Å²) in [6.45, 7) is 2.60. The summed E-state index contributed by atoms with van der Waals surface area (Å²) in [6, 6.07) is 9.11. The van der Waals surface area contributed by atoms with E-state index in [2.05, 4.69) is 16.2 Å². The lowest BCUT2D eigenvalue weighted by Crippen LogP contribution is -2.46. The van der Waals surface area contributed by atoms with Crippen LogP contribution < -0.4 is 16.2 Å². The van der Waals surface area contributed by atoms with Crippen LogP contribution in [0.25, 0.3) is 11.0 Å². The SMILES string of the molecule is CCNC(=S)NNC(=O)c1cc2ccccc2o1. The molecule has 3 N–H and O–H groups in total. The van der Waals surface area contributed by atoms with Gasteiger partial charge in [0, 0.05) is 11.9 Å². The second kappa shape index (κ2) is 5.50. The van der Waals surface area contributed by atoms with Crippen molar-refractivity contribution in [3.63, 3.8) is 0 Å². The number of carbonyl (C=O) groups excluding carboxylic acids is 1. The number of hydrogen-bond donors (Lipinski definition) is 3. The van der Waals surface area contributed by atoms with Crippen molar-refractivity contribution in [2.24, 2.45) is 0 Å². The van der Waals surface area contributed by atoms with E-state index in [1.165, 1.54) is 0 Å². The Hall–Kier alpha value is -2.08. The summed E-state index contributed by atoms with van der Waals surface area (Å²) in [5.74, 6) is -0.130. The molecule has 0 saturated heterocycles. The van der Waals surface area contributed by atoms with Gasteiger partial charge >= 0.3 is 5.91 Å². The zero-order chi connectivity index (χ0) is 13.0. The van der Waals surface area contributed by atoms with E-state index in [4.69, 9.17) is 16.6 Å². The Kier molecular flexibility index (Phi) is 3.78. The van der Waals surface area contributed by atoms with Gasteiger partial charge in [-0.1, -0.05) is 18.2 Å². The van der Waals surface area contributed by atoms with Gasteiger partial charge < -0.3 is 9.73 Å². The summed E-state index contributed by atoms with van der Waals surface area (Å²) < 4.78 is 5.41. The quantitative estimate of drug-likeness (QED) is 0.567. The summed E-state index contributed by atoms with van der Waals surface area (Å²) in [7, 11) is 0. The second-order valence-corrected chi connectivity index (χ2v) is 4.00. The van der Waals surface area contributed by atoms with E-state index in [9.17, 15) is 4.79 Å². The Morgan fingerprint density at radius 3 is 2.83 bits per heavy atom. The maximum Gasteiger partial charge on any atom is 0.305 e. The van der Waals surface area contributed by atoms with Crippen molar-refractivity contribution in [3.8, 4) is 0 Å². The number of furan rings is 1. The van der Waals surface area contributed by atoms with E-state index in [1.807, 2.05) is 31.2 Å². The van der Waals surface area contributed by atoms with Crippen LogP contribution in [-0.2, 0) is 0 Å². The summed E-state index contributed by atoms with van der Waals surface area (Å²) in [6.07, 6.45) is 0. The molecule has 0 aliphatic carbocycles. The minimum absolute atomic E-state index is 0.239. The van der Waals surface area contributed by atoms with E-state index >= 15 is 0 Å². The van der Waals surface area contributed by atoms with Gasteiger partial charge in [0.05, 0.1) is 0 Å². The van der Waals surface area contributed by atoms with Gasteiger partial charge in [-0.25, -0.2) is 0 Å². The number of benzene rings is 1. The molecule has 94 valence electrons. The average Bonchev–Trinajstić information content (AvgIpc) is 2.80. The smallest absolute Gasteiger partial charge is 0.305 e. The first-order chi connectivity index (χ1) is 8.70. The van der Waals surface area contributed by atoms with Crippen LogP contribution in [0.5, 0.6) is 0 Å². The van der Waals surface area contributed by atoms with E-state index in [-0.39, 0.29) is 11.7 Å². The molecule has 2 rings (SSSR count). The van der Waals surface area contributed by atoms with Gasteiger partial charge in [0.15, 0.2) is 10.9 Å². The van der Waals surface area contributed by atoms with Crippen molar-refractivity contribution in [3.05, 3.63) is 36.1 Å². The lowest BCUT2D eigenvalue weighted by atomic mass is 10.2. The van der Waals surface area contributed by atoms with Crippen molar-refractivity contribution >= 4 is 34.2 Å². The molecule has 0 aliphatic heterocycles. The number of hydrazine groups is 1. The molecule has 0 radical (unpaired) electrons. The second-order valence-electron chi connectivity index (χ2n) is 3.59. The topological polar surface area (TPSA) is 66.3 Å². The number of hydrogen-bond acceptors (Lipinski definition) is 3. The summed E-state index contributed by atoms with van der Waals surface area (Å²) in [4.78, 5) is 11.8. The molecule has 1 aromatic carbocycles. The van der Waals surface area contributed by atoms with Gasteiger partial charge in [0.25, 0.3) is 0 Å². The molecule has 0 spiro atoms. The molecule has 0 bridgehead atoms. The van der Waals surface area contributed by atoms with Crippen molar-refractivity contribution < 1.29 is 9.21 Å². The zero-order valence-corrected chi connectivity index (χ0v) is 10.6. The molecule has 0 fully saturated rings. The van der Waals surface area contributed by atoms with Crippen LogP contribution in [-0.4, -0.2) is 17.6 Å². The first kappa shape index (κ1) is 12.4. The molecule has 0 unspecified atom stereocenters. The Balaban J connectivity index is 2.02. The van der Waals surface area contributed by atoms with E-state index in [0.29, 0.717) is 17.2 Å². The highest BCUT2D eigenvalue weighted by Crippen LogP contribution is 2.18. The third-order valence-electron chi connectivity index (χ3n) is 2.28. The number of para-hydroxylation sites is 1. The summed E-state index contributed by atoms with van der Waals surface area (Å²) >= 11 is 4.92. The van der Waals surface area contributed by atoms with Crippen LogP contribution in [0, 0.1) is 0 Å². The van der Waals surface area contributed by atoms with Crippen LogP contribution >= 0.6 is 12.2 Å². The maximum atomic E-state index is 11.8. The van der Waals surface area contributed by atoms with E-state index in [1.54, 1.807) is 6.07 Å². The summed E-state index contributed by atoms with van der Waals surface area (Å²) in [5.41, 5.74) is 5.72. The first-order valence-electron chi connectivity index (χ1n) is 5.53. The molecule has 2 aromatic rings. The molecule has 0 atom stereocenters. The third kappa shape index (κ3) is 2.78.